The summed E-state index contributed by atoms with van der Waals surface area (Å²) in [4.78, 5) is 24.5. The molecule has 0 spiro atoms. The first-order valence-corrected chi connectivity index (χ1v) is 8.83. The largest absolute Gasteiger partial charge is 0.444 e. The molecule has 0 aliphatic carbocycles. The predicted octanol–water partition coefficient (Wildman–Crippen LogP) is 4.59. The van der Waals surface area contributed by atoms with E-state index < -0.39 is 22.4 Å². The Bertz CT molecular complexity index is 693. The van der Waals surface area contributed by atoms with E-state index in [1.165, 1.54) is 0 Å². The lowest BCUT2D eigenvalue weighted by Crippen LogP contribution is -2.42. The molecule has 0 radical (unpaired) electrons. The molecule has 7 nitrogen and oxygen atoms in total. The number of carbonyl (C=O) groups excluding carboxylic acids is 1. The molecular weight excluding hydrogens is 365 g/mol. The zero-order valence-corrected chi connectivity index (χ0v) is 15.8. The third kappa shape index (κ3) is 5.20. The van der Waals surface area contributed by atoms with Crippen LogP contribution in [0, 0.1) is 15.9 Å². The summed E-state index contributed by atoms with van der Waals surface area (Å²) < 4.78 is 19.2. The zero-order chi connectivity index (χ0) is 19.5. The Morgan fingerprint density at radius 3 is 2.73 bits per heavy atom. The highest BCUT2D eigenvalue weighted by molar-refractivity contribution is 6.33. The Labute approximate surface area is 156 Å². The number of hydrogen-bond acceptors (Lipinski definition) is 5. The van der Waals surface area contributed by atoms with E-state index in [2.05, 4.69) is 5.32 Å². The quantitative estimate of drug-likeness (QED) is 0.605. The van der Waals surface area contributed by atoms with Crippen molar-refractivity contribution >= 4 is 29.1 Å². The van der Waals surface area contributed by atoms with Crippen molar-refractivity contribution in [3.05, 3.63) is 33.1 Å². The van der Waals surface area contributed by atoms with Gasteiger partial charge in [0, 0.05) is 25.2 Å². The summed E-state index contributed by atoms with van der Waals surface area (Å²) >= 11 is 5.94. The Hall–Kier alpha value is -2.09. The number of nitrogens with one attached hydrogen (secondary N) is 1. The summed E-state index contributed by atoms with van der Waals surface area (Å²) in [6.45, 7) is 6.18. The molecular formula is C17H23ClFN3O4. The van der Waals surface area contributed by atoms with Crippen LogP contribution in [0.25, 0.3) is 0 Å². The Morgan fingerprint density at radius 1 is 1.42 bits per heavy atom. The number of likely N-dealkylation sites (tertiary alicyclic amines) is 1. The molecule has 1 amide bonds. The van der Waals surface area contributed by atoms with E-state index in [1.54, 1.807) is 25.7 Å². The van der Waals surface area contributed by atoms with Gasteiger partial charge in [-0.2, -0.15) is 0 Å². The molecule has 1 aromatic carbocycles. The molecule has 9 heteroatoms. The van der Waals surface area contributed by atoms with Crippen molar-refractivity contribution in [2.75, 3.05) is 18.4 Å². The fourth-order valence-corrected chi connectivity index (χ4v) is 3.00. The summed E-state index contributed by atoms with van der Waals surface area (Å²) in [6.07, 6.45) is 1.84. The van der Waals surface area contributed by atoms with Crippen LogP contribution in [0.1, 0.15) is 40.0 Å². The molecule has 0 unspecified atom stereocenters. The number of nitro groups is 1. The number of halogens is 2. The lowest BCUT2D eigenvalue weighted by Gasteiger charge is -2.29. The Morgan fingerprint density at radius 2 is 2.12 bits per heavy atom. The highest BCUT2D eigenvalue weighted by Crippen LogP contribution is 2.35. The number of hydrogen-bond donors (Lipinski definition) is 1. The first-order valence-electron chi connectivity index (χ1n) is 8.45. The van der Waals surface area contributed by atoms with E-state index in [4.69, 9.17) is 16.3 Å². The Kier molecular flexibility index (Phi) is 6.28. The zero-order valence-electron chi connectivity index (χ0n) is 15.1. The van der Waals surface area contributed by atoms with Crippen LogP contribution in [0.4, 0.5) is 20.6 Å². The van der Waals surface area contributed by atoms with Crippen molar-refractivity contribution in [2.45, 2.75) is 51.7 Å². The maximum atomic E-state index is 13.8. The number of nitrogens with zero attached hydrogens (tertiary/aromatic N) is 2. The highest BCUT2D eigenvalue weighted by atomic mass is 35.5. The number of amides is 1. The second-order valence-corrected chi connectivity index (χ2v) is 7.65. The molecule has 1 aliphatic heterocycles. The van der Waals surface area contributed by atoms with Gasteiger partial charge >= 0.3 is 6.09 Å². The van der Waals surface area contributed by atoms with Crippen LogP contribution in [0.3, 0.4) is 0 Å². The van der Waals surface area contributed by atoms with Gasteiger partial charge in [0.15, 0.2) is 0 Å². The van der Waals surface area contributed by atoms with Gasteiger partial charge in [-0.1, -0.05) is 11.6 Å². The van der Waals surface area contributed by atoms with Gasteiger partial charge in [0.05, 0.1) is 4.92 Å². The van der Waals surface area contributed by atoms with E-state index in [9.17, 15) is 19.3 Å². The molecule has 0 bridgehead atoms. The summed E-state index contributed by atoms with van der Waals surface area (Å²) in [6, 6.07) is 1.74. The van der Waals surface area contributed by atoms with E-state index in [1.807, 2.05) is 0 Å². The summed E-state index contributed by atoms with van der Waals surface area (Å²) in [5, 5.41) is 13.9. The minimum atomic E-state index is -0.739. The van der Waals surface area contributed by atoms with Gasteiger partial charge in [-0.15, -0.1) is 0 Å². The minimum absolute atomic E-state index is 0.0623. The van der Waals surface area contributed by atoms with Gasteiger partial charge in [0.25, 0.3) is 5.69 Å². The van der Waals surface area contributed by atoms with Gasteiger partial charge in [0.1, 0.15) is 22.1 Å². The lowest BCUT2D eigenvalue weighted by atomic mass is 10.1. The summed E-state index contributed by atoms with van der Waals surface area (Å²) in [5.74, 6) is -0.739. The maximum absolute atomic E-state index is 13.8. The molecule has 144 valence electrons. The average Bonchev–Trinajstić information content (AvgIpc) is 2.75. The van der Waals surface area contributed by atoms with Crippen LogP contribution in [-0.4, -0.2) is 40.6 Å². The van der Waals surface area contributed by atoms with Gasteiger partial charge < -0.3 is 15.0 Å². The predicted molar refractivity (Wildman–Crippen MR) is 97.1 cm³/mol. The van der Waals surface area contributed by atoms with E-state index in [-0.39, 0.29) is 22.4 Å². The molecule has 2 rings (SSSR count). The molecule has 1 heterocycles. The fraction of sp³-hybridized carbons (Fsp3) is 0.588. The number of benzene rings is 1. The first kappa shape index (κ1) is 20.2. The second kappa shape index (κ2) is 8.07. The van der Waals surface area contributed by atoms with Crippen LogP contribution in [0.2, 0.25) is 5.02 Å². The van der Waals surface area contributed by atoms with Crippen LogP contribution < -0.4 is 5.32 Å². The average molecular weight is 388 g/mol. The van der Waals surface area contributed by atoms with Gasteiger partial charge in [0.2, 0.25) is 0 Å². The molecule has 1 aliphatic rings. The molecule has 1 saturated heterocycles. The van der Waals surface area contributed by atoms with E-state index >= 15 is 0 Å². The number of nitro benzene ring substituents is 1. The molecule has 26 heavy (non-hydrogen) atoms. The number of anilines is 1. The number of ether oxygens (including phenoxy) is 1. The van der Waals surface area contributed by atoms with Crippen molar-refractivity contribution in [1.29, 1.82) is 0 Å². The van der Waals surface area contributed by atoms with Gasteiger partial charge in [-0.05, 0) is 46.1 Å². The van der Waals surface area contributed by atoms with Gasteiger partial charge in [-0.3, -0.25) is 10.1 Å². The molecule has 1 fully saturated rings. The van der Waals surface area contributed by atoms with Gasteiger partial charge in [-0.25, -0.2) is 9.18 Å². The monoisotopic (exact) mass is 387 g/mol. The van der Waals surface area contributed by atoms with Crippen molar-refractivity contribution in [1.82, 2.24) is 4.90 Å². The van der Waals surface area contributed by atoms with Crippen molar-refractivity contribution < 1.29 is 18.8 Å². The molecule has 1 atom stereocenters. The molecule has 0 saturated carbocycles. The standard InChI is InChI=1S/C17H23ClFN3O4/c1-17(2,3)26-16(23)21-9-5-4-6-11(10-21)20-15-13(22(24)25)8-7-12(19)14(15)18/h7-8,11,20H,4-6,9-10H2,1-3H3/t11-/m1/s1. The third-order valence-corrected chi connectivity index (χ3v) is 4.31. The topological polar surface area (TPSA) is 84.7 Å². The van der Waals surface area contributed by atoms with Crippen LogP contribution in [0.15, 0.2) is 12.1 Å². The normalized spacial score (nSPS) is 18.2. The van der Waals surface area contributed by atoms with E-state index in [0.29, 0.717) is 19.5 Å². The van der Waals surface area contributed by atoms with Crippen molar-refractivity contribution in [3.8, 4) is 0 Å². The molecule has 1 aromatic rings. The highest BCUT2D eigenvalue weighted by Gasteiger charge is 2.29. The summed E-state index contributed by atoms with van der Waals surface area (Å²) in [7, 11) is 0. The Balaban J connectivity index is 2.20. The van der Waals surface area contributed by atoms with Crippen LogP contribution in [0.5, 0.6) is 0 Å². The first-order chi connectivity index (χ1) is 12.1. The smallest absolute Gasteiger partial charge is 0.410 e. The lowest BCUT2D eigenvalue weighted by molar-refractivity contribution is -0.384. The van der Waals surface area contributed by atoms with Crippen LogP contribution in [-0.2, 0) is 4.74 Å². The third-order valence-electron chi connectivity index (χ3n) is 3.94. The van der Waals surface area contributed by atoms with Crippen molar-refractivity contribution in [3.63, 3.8) is 0 Å². The number of rotatable bonds is 3. The van der Waals surface area contributed by atoms with Crippen LogP contribution >= 0.6 is 11.6 Å². The number of carbonyl (C=O) groups is 1. The molecule has 0 aromatic heterocycles. The van der Waals surface area contributed by atoms with Crippen molar-refractivity contribution in [2.24, 2.45) is 0 Å². The SMILES string of the molecule is CC(C)(C)OC(=O)N1CCCC[C@@H](Nc2c([N+](=O)[O-])ccc(F)c2Cl)C1. The second-order valence-electron chi connectivity index (χ2n) is 7.28. The molecule has 1 N–H and O–H groups in total. The fourth-order valence-electron chi connectivity index (χ4n) is 2.79. The minimum Gasteiger partial charge on any atom is -0.444 e. The van der Waals surface area contributed by atoms with E-state index in [0.717, 1.165) is 25.0 Å². The maximum Gasteiger partial charge on any atom is 0.410 e. The summed E-state index contributed by atoms with van der Waals surface area (Å²) in [5.41, 5.74) is -0.978.